The number of imidazole rings is 1. The van der Waals surface area contributed by atoms with Crippen molar-refractivity contribution in [2.24, 2.45) is 5.73 Å². The maximum Gasteiger partial charge on any atom is 0.324 e. The van der Waals surface area contributed by atoms with E-state index in [-0.39, 0.29) is 6.04 Å². The average molecular weight is 225 g/mol. The summed E-state index contributed by atoms with van der Waals surface area (Å²) in [5.74, 6) is 0.554. The van der Waals surface area contributed by atoms with Gasteiger partial charge in [0.2, 0.25) is 0 Å². The fraction of sp³-hybridized carbons (Fsp3) is 0.636. The number of nitrogens with two attached hydrogens (primary N) is 1. The highest BCUT2D eigenvalue weighted by Crippen LogP contribution is 2.14. The number of aromatic nitrogens is 2. The standard InChI is InChI=1S/C11H19N3O2/c1-4-5-9-13-6-7-14(9)8(2)10(12)11(15)16-3/h6-8,10H,4-5,12H2,1-3H3. The molecule has 0 saturated carbocycles. The molecule has 5 nitrogen and oxygen atoms in total. The van der Waals surface area contributed by atoms with Crippen LogP contribution in [0.4, 0.5) is 0 Å². The van der Waals surface area contributed by atoms with Crippen LogP contribution in [0.15, 0.2) is 12.4 Å². The van der Waals surface area contributed by atoms with E-state index >= 15 is 0 Å². The number of esters is 1. The van der Waals surface area contributed by atoms with Gasteiger partial charge >= 0.3 is 5.97 Å². The number of carbonyl (C=O) groups excluding carboxylic acids is 1. The van der Waals surface area contributed by atoms with E-state index < -0.39 is 12.0 Å². The van der Waals surface area contributed by atoms with Gasteiger partial charge in [-0.3, -0.25) is 4.79 Å². The van der Waals surface area contributed by atoms with Crippen LogP contribution in [0.1, 0.15) is 32.1 Å². The van der Waals surface area contributed by atoms with Gasteiger partial charge in [0.1, 0.15) is 11.9 Å². The summed E-state index contributed by atoms with van der Waals surface area (Å²) in [6.07, 6.45) is 5.46. The third-order valence-corrected chi connectivity index (χ3v) is 2.65. The van der Waals surface area contributed by atoms with Gasteiger partial charge in [0.05, 0.1) is 13.2 Å². The van der Waals surface area contributed by atoms with E-state index in [0.29, 0.717) is 0 Å². The van der Waals surface area contributed by atoms with Gasteiger partial charge in [0.15, 0.2) is 0 Å². The fourth-order valence-electron chi connectivity index (χ4n) is 1.64. The van der Waals surface area contributed by atoms with Crippen LogP contribution in [0, 0.1) is 0 Å². The highest BCUT2D eigenvalue weighted by atomic mass is 16.5. The second-order valence-corrected chi connectivity index (χ2v) is 3.79. The SMILES string of the molecule is CCCc1nccn1C(C)C(N)C(=O)OC. The van der Waals surface area contributed by atoms with Crippen molar-refractivity contribution in [1.82, 2.24) is 9.55 Å². The molecule has 1 rings (SSSR count). The molecule has 90 valence electrons. The zero-order valence-corrected chi connectivity index (χ0v) is 10.0. The first-order valence-electron chi connectivity index (χ1n) is 5.46. The maximum absolute atomic E-state index is 11.3. The first-order valence-corrected chi connectivity index (χ1v) is 5.46. The molecule has 0 spiro atoms. The van der Waals surface area contributed by atoms with Crippen molar-refractivity contribution in [1.29, 1.82) is 0 Å². The van der Waals surface area contributed by atoms with Gasteiger partial charge in [0.25, 0.3) is 0 Å². The van der Waals surface area contributed by atoms with E-state index in [1.54, 1.807) is 6.20 Å². The van der Waals surface area contributed by atoms with Gasteiger partial charge in [0, 0.05) is 18.8 Å². The summed E-state index contributed by atoms with van der Waals surface area (Å²) in [4.78, 5) is 15.6. The molecule has 0 aliphatic carbocycles. The summed E-state index contributed by atoms with van der Waals surface area (Å²) in [6, 6.07) is -0.800. The van der Waals surface area contributed by atoms with Gasteiger partial charge in [-0.25, -0.2) is 4.98 Å². The van der Waals surface area contributed by atoms with Crippen LogP contribution in [-0.2, 0) is 16.0 Å². The Morgan fingerprint density at radius 1 is 1.69 bits per heavy atom. The monoisotopic (exact) mass is 225 g/mol. The predicted octanol–water partition coefficient (Wildman–Crippen LogP) is 0.897. The number of rotatable bonds is 5. The van der Waals surface area contributed by atoms with Crippen molar-refractivity contribution in [3.05, 3.63) is 18.2 Å². The Kier molecular flexibility index (Phi) is 4.49. The van der Waals surface area contributed by atoms with Gasteiger partial charge in [-0.1, -0.05) is 6.92 Å². The average Bonchev–Trinajstić information content (AvgIpc) is 2.74. The molecule has 0 amide bonds. The Balaban J connectivity index is 2.82. The van der Waals surface area contributed by atoms with Crippen LogP contribution in [0.3, 0.4) is 0 Å². The molecule has 0 aliphatic heterocycles. The molecule has 0 bridgehead atoms. The summed E-state index contributed by atoms with van der Waals surface area (Å²) in [5, 5.41) is 0. The van der Waals surface area contributed by atoms with E-state index in [1.807, 2.05) is 17.7 Å². The van der Waals surface area contributed by atoms with Crippen LogP contribution in [-0.4, -0.2) is 28.7 Å². The molecule has 1 aromatic rings. The van der Waals surface area contributed by atoms with Crippen LogP contribution in [0.25, 0.3) is 0 Å². The number of methoxy groups -OCH3 is 1. The van der Waals surface area contributed by atoms with Crippen molar-refractivity contribution in [2.45, 2.75) is 38.8 Å². The van der Waals surface area contributed by atoms with Crippen molar-refractivity contribution >= 4 is 5.97 Å². The van der Waals surface area contributed by atoms with Gasteiger partial charge in [-0.05, 0) is 13.3 Å². The first-order chi connectivity index (χ1) is 7.61. The molecule has 0 aromatic carbocycles. The van der Waals surface area contributed by atoms with Crippen LogP contribution in [0.2, 0.25) is 0 Å². The van der Waals surface area contributed by atoms with Gasteiger partial charge in [-0.15, -0.1) is 0 Å². The van der Waals surface area contributed by atoms with E-state index in [4.69, 9.17) is 5.73 Å². The summed E-state index contributed by atoms with van der Waals surface area (Å²) in [7, 11) is 1.34. The molecule has 1 aromatic heterocycles. The lowest BCUT2D eigenvalue weighted by molar-refractivity contribution is -0.143. The summed E-state index contributed by atoms with van der Waals surface area (Å²) < 4.78 is 6.57. The smallest absolute Gasteiger partial charge is 0.324 e. The number of aryl methyl sites for hydroxylation is 1. The minimum absolute atomic E-state index is 0.142. The van der Waals surface area contributed by atoms with E-state index in [2.05, 4.69) is 16.6 Å². The predicted molar refractivity (Wildman–Crippen MR) is 60.9 cm³/mol. The van der Waals surface area contributed by atoms with Crippen LogP contribution >= 0.6 is 0 Å². The lowest BCUT2D eigenvalue weighted by Gasteiger charge is -2.21. The Morgan fingerprint density at radius 3 is 2.94 bits per heavy atom. The molecule has 2 N–H and O–H groups in total. The Morgan fingerprint density at radius 2 is 2.38 bits per heavy atom. The maximum atomic E-state index is 11.3. The van der Waals surface area contributed by atoms with Gasteiger partial charge < -0.3 is 15.0 Å². The quantitative estimate of drug-likeness (QED) is 0.756. The number of nitrogens with zero attached hydrogens (tertiary/aromatic N) is 2. The zero-order valence-electron chi connectivity index (χ0n) is 10.0. The van der Waals surface area contributed by atoms with Gasteiger partial charge in [-0.2, -0.15) is 0 Å². The van der Waals surface area contributed by atoms with E-state index in [0.717, 1.165) is 18.7 Å². The molecular weight excluding hydrogens is 206 g/mol. The fourth-order valence-corrected chi connectivity index (χ4v) is 1.64. The second-order valence-electron chi connectivity index (χ2n) is 3.79. The molecule has 5 heteroatoms. The molecule has 0 aliphatic rings. The molecular formula is C11H19N3O2. The number of hydrogen-bond donors (Lipinski definition) is 1. The molecule has 0 radical (unpaired) electrons. The summed E-state index contributed by atoms with van der Waals surface area (Å²) in [6.45, 7) is 3.98. The minimum Gasteiger partial charge on any atom is -0.468 e. The zero-order chi connectivity index (χ0) is 12.1. The largest absolute Gasteiger partial charge is 0.468 e. The lowest BCUT2D eigenvalue weighted by Crippen LogP contribution is -2.39. The van der Waals surface area contributed by atoms with E-state index in [1.165, 1.54) is 7.11 Å². The summed E-state index contributed by atoms with van der Waals surface area (Å²) in [5.41, 5.74) is 5.80. The molecule has 0 saturated heterocycles. The normalized spacial score (nSPS) is 14.5. The highest BCUT2D eigenvalue weighted by Gasteiger charge is 2.24. The lowest BCUT2D eigenvalue weighted by atomic mass is 10.1. The van der Waals surface area contributed by atoms with E-state index in [9.17, 15) is 4.79 Å². The Hall–Kier alpha value is -1.36. The number of carbonyl (C=O) groups is 1. The molecule has 2 atom stereocenters. The van der Waals surface area contributed by atoms with Crippen molar-refractivity contribution in [3.63, 3.8) is 0 Å². The third-order valence-electron chi connectivity index (χ3n) is 2.65. The van der Waals surface area contributed by atoms with Crippen molar-refractivity contribution < 1.29 is 9.53 Å². The Labute approximate surface area is 95.6 Å². The van der Waals surface area contributed by atoms with Crippen molar-refractivity contribution in [3.8, 4) is 0 Å². The van der Waals surface area contributed by atoms with Crippen LogP contribution < -0.4 is 5.73 Å². The second kappa shape index (κ2) is 5.65. The van der Waals surface area contributed by atoms with Crippen LogP contribution in [0.5, 0.6) is 0 Å². The summed E-state index contributed by atoms with van der Waals surface area (Å²) >= 11 is 0. The molecule has 16 heavy (non-hydrogen) atoms. The topological polar surface area (TPSA) is 70.1 Å². The Bertz CT molecular complexity index is 349. The molecule has 0 fully saturated rings. The third kappa shape index (κ3) is 2.61. The minimum atomic E-state index is -0.658. The molecule has 1 heterocycles. The highest BCUT2D eigenvalue weighted by molar-refractivity contribution is 5.75. The van der Waals surface area contributed by atoms with Crippen molar-refractivity contribution in [2.75, 3.05) is 7.11 Å². The number of hydrogen-bond acceptors (Lipinski definition) is 4. The first kappa shape index (κ1) is 12.7. The molecule has 2 unspecified atom stereocenters. The number of ether oxygens (including phenoxy) is 1.